The van der Waals surface area contributed by atoms with Crippen LogP contribution >= 0.6 is 0 Å². The van der Waals surface area contributed by atoms with Crippen molar-refractivity contribution in [2.45, 2.75) is 26.2 Å². The summed E-state index contributed by atoms with van der Waals surface area (Å²) in [5.74, 6) is -0.740. The Labute approximate surface area is 104 Å². The van der Waals surface area contributed by atoms with Crippen molar-refractivity contribution in [1.82, 2.24) is 10.2 Å². The molecule has 0 fully saturated rings. The Bertz CT molecular complexity index is 601. The number of aromatic amines is 1. The van der Waals surface area contributed by atoms with Gasteiger partial charge in [-0.05, 0) is 31.0 Å². The minimum Gasteiger partial charge on any atom is -0.481 e. The number of carbonyl (C=O) groups is 2. The van der Waals surface area contributed by atoms with Gasteiger partial charge in [-0.3, -0.25) is 9.89 Å². The molecule has 0 aliphatic rings. The number of aromatic nitrogens is 2. The summed E-state index contributed by atoms with van der Waals surface area (Å²) in [6, 6.07) is 5.41. The number of nitrogens with one attached hydrogen (secondary N) is 1. The van der Waals surface area contributed by atoms with Crippen LogP contribution in [-0.4, -0.2) is 27.1 Å². The lowest BCUT2D eigenvalue weighted by molar-refractivity contribution is -0.136. The van der Waals surface area contributed by atoms with Crippen molar-refractivity contribution in [2.24, 2.45) is 0 Å². The van der Waals surface area contributed by atoms with E-state index >= 15 is 0 Å². The number of nitrogens with zero attached hydrogens (tertiary/aromatic N) is 1. The van der Waals surface area contributed by atoms with Crippen LogP contribution in [0.5, 0.6) is 0 Å². The first-order valence-electron chi connectivity index (χ1n) is 5.73. The monoisotopic (exact) mass is 246 g/mol. The highest BCUT2D eigenvalue weighted by atomic mass is 16.4. The molecular weight excluding hydrogens is 232 g/mol. The highest BCUT2D eigenvalue weighted by Gasteiger charge is 2.09. The van der Waals surface area contributed by atoms with Crippen LogP contribution in [0.25, 0.3) is 10.9 Å². The number of rotatable bonds is 5. The molecule has 0 radical (unpaired) electrons. The molecule has 0 bridgehead atoms. The van der Waals surface area contributed by atoms with Gasteiger partial charge in [0.2, 0.25) is 0 Å². The van der Waals surface area contributed by atoms with Crippen LogP contribution in [-0.2, 0) is 22.4 Å². The molecule has 2 rings (SSSR count). The Kier molecular flexibility index (Phi) is 3.41. The van der Waals surface area contributed by atoms with E-state index in [4.69, 9.17) is 5.11 Å². The van der Waals surface area contributed by atoms with Gasteiger partial charge in [-0.2, -0.15) is 5.10 Å². The van der Waals surface area contributed by atoms with Crippen LogP contribution in [0, 0.1) is 0 Å². The first-order chi connectivity index (χ1) is 8.56. The van der Waals surface area contributed by atoms with E-state index in [-0.39, 0.29) is 12.2 Å². The summed E-state index contributed by atoms with van der Waals surface area (Å²) in [4.78, 5) is 21.6. The van der Waals surface area contributed by atoms with Gasteiger partial charge < -0.3 is 9.90 Å². The van der Waals surface area contributed by atoms with Gasteiger partial charge in [0, 0.05) is 11.8 Å². The van der Waals surface area contributed by atoms with Crippen LogP contribution < -0.4 is 0 Å². The zero-order chi connectivity index (χ0) is 13.1. The molecule has 2 N–H and O–H groups in total. The fourth-order valence-electron chi connectivity index (χ4n) is 1.89. The van der Waals surface area contributed by atoms with Gasteiger partial charge in [0.15, 0.2) is 0 Å². The minimum atomic E-state index is -0.858. The number of aryl methyl sites for hydroxylation is 1. The molecule has 2 aromatic rings. The van der Waals surface area contributed by atoms with E-state index in [1.807, 2.05) is 12.1 Å². The van der Waals surface area contributed by atoms with Crippen LogP contribution in [0.4, 0.5) is 0 Å². The zero-order valence-electron chi connectivity index (χ0n) is 10.1. The molecule has 18 heavy (non-hydrogen) atoms. The number of benzene rings is 1. The van der Waals surface area contributed by atoms with Gasteiger partial charge in [-0.15, -0.1) is 0 Å². The van der Waals surface area contributed by atoms with Crippen molar-refractivity contribution < 1.29 is 14.7 Å². The van der Waals surface area contributed by atoms with E-state index < -0.39 is 5.97 Å². The van der Waals surface area contributed by atoms with Crippen molar-refractivity contribution in [3.63, 3.8) is 0 Å². The Morgan fingerprint density at radius 1 is 1.39 bits per heavy atom. The lowest BCUT2D eigenvalue weighted by Crippen LogP contribution is -1.99. The van der Waals surface area contributed by atoms with Crippen molar-refractivity contribution in [2.75, 3.05) is 0 Å². The molecule has 0 aliphatic carbocycles. The molecule has 0 spiro atoms. The van der Waals surface area contributed by atoms with Gasteiger partial charge in [0.05, 0.1) is 17.6 Å². The molecule has 0 aliphatic heterocycles. The fraction of sp³-hybridized carbons (Fsp3) is 0.308. The standard InChI is InChI=1S/C13H14N2O3/c1-8(16)2-4-11-10-6-9(7-13(17)18)3-5-12(10)15-14-11/h3,5-6H,2,4,7H2,1H3,(H,14,15)(H,17,18). The SMILES string of the molecule is CC(=O)CCc1n[nH]c2ccc(CC(=O)O)cc12. The number of Topliss-reactive ketones (excluding diaryl/α,β-unsaturated/α-hetero) is 1. The Hall–Kier alpha value is -2.17. The lowest BCUT2D eigenvalue weighted by atomic mass is 10.1. The summed E-state index contributed by atoms with van der Waals surface area (Å²) in [7, 11) is 0. The number of ketones is 1. The smallest absolute Gasteiger partial charge is 0.307 e. The fourth-order valence-corrected chi connectivity index (χ4v) is 1.89. The van der Waals surface area contributed by atoms with Gasteiger partial charge >= 0.3 is 5.97 Å². The maximum atomic E-state index is 11.0. The van der Waals surface area contributed by atoms with Gasteiger partial charge in [0.25, 0.3) is 0 Å². The number of fused-ring (bicyclic) bond motifs is 1. The van der Waals surface area contributed by atoms with Crippen molar-refractivity contribution in [3.8, 4) is 0 Å². The summed E-state index contributed by atoms with van der Waals surface area (Å²) in [6.45, 7) is 1.55. The maximum absolute atomic E-state index is 11.0. The zero-order valence-corrected chi connectivity index (χ0v) is 10.1. The quantitative estimate of drug-likeness (QED) is 0.841. The largest absolute Gasteiger partial charge is 0.481 e. The third-order valence-corrected chi connectivity index (χ3v) is 2.78. The number of carbonyl (C=O) groups excluding carboxylic acids is 1. The normalized spacial score (nSPS) is 10.7. The van der Waals surface area contributed by atoms with Crippen molar-refractivity contribution in [1.29, 1.82) is 0 Å². The molecule has 0 amide bonds. The summed E-state index contributed by atoms with van der Waals surface area (Å²) in [5.41, 5.74) is 2.41. The molecule has 0 atom stereocenters. The molecule has 1 aromatic carbocycles. The first-order valence-corrected chi connectivity index (χ1v) is 5.73. The third kappa shape index (κ3) is 2.74. The molecule has 0 saturated carbocycles. The molecule has 94 valence electrons. The predicted octanol–water partition coefficient (Wildman–Crippen LogP) is 1.71. The van der Waals surface area contributed by atoms with E-state index in [0.717, 1.165) is 22.2 Å². The average molecular weight is 246 g/mol. The molecule has 0 unspecified atom stereocenters. The topological polar surface area (TPSA) is 83.0 Å². The third-order valence-electron chi connectivity index (χ3n) is 2.78. The Morgan fingerprint density at radius 3 is 2.83 bits per heavy atom. The minimum absolute atomic E-state index is 0.00668. The molecule has 0 saturated heterocycles. The van der Waals surface area contributed by atoms with Crippen LogP contribution in [0.15, 0.2) is 18.2 Å². The van der Waals surface area contributed by atoms with E-state index in [2.05, 4.69) is 10.2 Å². The molecule has 1 aromatic heterocycles. The van der Waals surface area contributed by atoms with E-state index in [9.17, 15) is 9.59 Å². The van der Waals surface area contributed by atoms with Gasteiger partial charge in [0.1, 0.15) is 5.78 Å². The van der Waals surface area contributed by atoms with Gasteiger partial charge in [-0.25, -0.2) is 0 Å². The molecule has 5 nitrogen and oxygen atoms in total. The van der Waals surface area contributed by atoms with E-state index in [0.29, 0.717) is 12.8 Å². The molecule has 1 heterocycles. The summed E-state index contributed by atoms with van der Waals surface area (Å²) in [5, 5.41) is 16.7. The van der Waals surface area contributed by atoms with Gasteiger partial charge in [-0.1, -0.05) is 6.07 Å². The number of H-pyrrole nitrogens is 1. The Morgan fingerprint density at radius 2 is 2.17 bits per heavy atom. The second-order valence-electron chi connectivity index (χ2n) is 4.32. The maximum Gasteiger partial charge on any atom is 0.307 e. The number of hydrogen-bond donors (Lipinski definition) is 2. The second kappa shape index (κ2) is 5.00. The molecule has 5 heteroatoms. The number of aliphatic carboxylic acids is 1. The van der Waals surface area contributed by atoms with Crippen LogP contribution in [0.2, 0.25) is 0 Å². The number of hydrogen-bond acceptors (Lipinski definition) is 3. The summed E-state index contributed by atoms with van der Waals surface area (Å²) < 4.78 is 0. The molecular formula is C13H14N2O3. The van der Waals surface area contributed by atoms with E-state index in [1.54, 1.807) is 13.0 Å². The van der Waals surface area contributed by atoms with Crippen molar-refractivity contribution in [3.05, 3.63) is 29.5 Å². The number of carboxylic acid groups (broad SMARTS) is 1. The van der Waals surface area contributed by atoms with Crippen LogP contribution in [0.3, 0.4) is 0 Å². The Balaban J connectivity index is 2.30. The first kappa shape index (κ1) is 12.3. The van der Waals surface area contributed by atoms with E-state index in [1.165, 1.54) is 0 Å². The predicted molar refractivity (Wildman–Crippen MR) is 66.4 cm³/mol. The van der Waals surface area contributed by atoms with Crippen molar-refractivity contribution >= 4 is 22.7 Å². The highest BCUT2D eigenvalue weighted by Crippen LogP contribution is 2.19. The summed E-state index contributed by atoms with van der Waals surface area (Å²) in [6.07, 6.45) is 1.02. The van der Waals surface area contributed by atoms with Crippen LogP contribution in [0.1, 0.15) is 24.6 Å². The summed E-state index contributed by atoms with van der Waals surface area (Å²) >= 11 is 0. The highest BCUT2D eigenvalue weighted by molar-refractivity contribution is 5.84. The average Bonchev–Trinajstić information content (AvgIpc) is 2.68. The lowest BCUT2D eigenvalue weighted by Gasteiger charge is -1.99. The second-order valence-corrected chi connectivity index (χ2v) is 4.32. The number of carboxylic acids is 1.